The molecule has 0 aliphatic rings. The summed E-state index contributed by atoms with van der Waals surface area (Å²) in [5.74, 6) is -0.749. The van der Waals surface area contributed by atoms with Gasteiger partial charge in [0.25, 0.3) is 5.91 Å². The number of carbonyl (C=O) groups excluding carboxylic acids is 2. The highest BCUT2D eigenvalue weighted by Gasteiger charge is 2.23. The number of hydrogen-bond donors (Lipinski definition) is 1. The quantitative estimate of drug-likeness (QED) is 0.394. The third kappa shape index (κ3) is 5.14. The first kappa shape index (κ1) is 23.9. The number of aryl methyl sites for hydroxylation is 2. The molecule has 4 aromatic rings. The van der Waals surface area contributed by atoms with Gasteiger partial charge in [-0.2, -0.15) is 5.10 Å². The monoisotopic (exact) mass is 470 g/mol. The number of nitrogens with one attached hydrogen (secondary N) is 1. The molecule has 2 amide bonds. The molecule has 3 aromatic carbocycles. The Balaban J connectivity index is 1.68. The van der Waals surface area contributed by atoms with Crippen LogP contribution in [0.4, 0.5) is 10.2 Å². The second kappa shape index (κ2) is 10.3. The summed E-state index contributed by atoms with van der Waals surface area (Å²) in [5, 5.41) is 7.74. The Morgan fingerprint density at radius 3 is 2.37 bits per heavy atom. The predicted molar refractivity (Wildman–Crippen MR) is 135 cm³/mol. The standard InChI is InChI=1S/C28H27FN4O2/c1-4-32(28(35)22-14-10-15-23(29)17-22)18-25(34)30-27-26(21-12-6-5-7-13-21)20(3)31-33(27)24-16-9-8-11-19(24)2/h5-17H,4,18H2,1-3H3,(H,30,34). The van der Waals surface area contributed by atoms with Crippen molar-refractivity contribution in [1.82, 2.24) is 14.7 Å². The summed E-state index contributed by atoms with van der Waals surface area (Å²) in [4.78, 5) is 27.5. The van der Waals surface area contributed by atoms with Crippen LogP contribution in [0.25, 0.3) is 16.8 Å². The minimum Gasteiger partial charge on any atom is -0.330 e. The van der Waals surface area contributed by atoms with E-state index in [0.717, 1.165) is 28.1 Å². The van der Waals surface area contributed by atoms with Crippen LogP contribution in [0.2, 0.25) is 0 Å². The zero-order valence-corrected chi connectivity index (χ0v) is 20.0. The molecule has 1 heterocycles. The summed E-state index contributed by atoms with van der Waals surface area (Å²) in [6, 6.07) is 23.0. The first-order valence-corrected chi connectivity index (χ1v) is 11.4. The summed E-state index contributed by atoms with van der Waals surface area (Å²) in [6.07, 6.45) is 0. The Bertz CT molecular complexity index is 1360. The number of carbonyl (C=O) groups is 2. The molecule has 0 bridgehead atoms. The molecule has 0 fully saturated rings. The molecule has 7 heteroatoms. The minimum absolute atomic E-state index is 0.182. The summed E-state index contributed by atoms with van der Waals surface area (Å²) < 4.78 is 15.4. The van der Waals surface area contributed by atoms with Crippen molar-refractivity contribution in [3.63, 3.8) is 0 Å². The van der Waals surface area contributed by atoms with Crippen molar-refractivity contribution >= 4 is 17.6 Å². The van der Waals surface area contributed by atoms with E-state index in [1.165, 1.54) is 29.2 Å². The number of aromatic nitrogens is 2. The Morgan fingerprint density at radius 1 is 0.971 bits per heavy atom. The van der Waals surface area contributed by atoms with Crippen molar-refractivity contribution in [3.05, 3.63) is 102 Å². The van der Waals surface area contributed by atoms with E-state index in [9.17, 15) is 14.0 Å². The van der Waals surface area contributed by atoms with E-state index >= 15 is 0 Å². The average molecular weight is 471 g/mol. The molecule has 0 saturated heterocycles. The normalized spacial score (nSPS) is 10.7. The Labute approximate surface area is 204 Å². The van der Waals surface area contributed by atoms with Gasteiger partial charge >= 0.3 is 0 Å². The van der Waals surface area contributed by atoms with Crippen LogP contribution in [-0.2, 0) is 4.79 Å². The largest absolute Gasteiger partial charge is 0.330 e. The number of nitrogens with zero attached hydrogens (tertiary/aromatic N) is 3. The number of benzene rings is 3. The smallest absolute Gasteiger partial charge is 0.254 e. The van der Waals surface area contributed by atoms with Gasteiger partial charge in [-0.3, -0.25) is 9.59 Å². The number of para-hydroxylation sites is 1. The highest BCUT2D eigenvalue weighted by molar-refractivity contribution is 6.01. The van der Waals surface area contributed by atoms with Crippen LogP contribution in [0.15, 0.2) is 78.9 Å². The van der Waals surface area contributed by atoms with Gasteiger partial charge in [-0.1, -0.05) is 54.6 Å². The molecule has 178 valence electrons. The number of hydrogen-bond acceptors (Lipinski definition) is 3. The van der Waals surface area contributed by atoms with E-state index < -0.39 is 11.7 Å². The maximum Gasteiger partial charge on any atom is 0.254 e. The predicted octanol–water partition coefficient (Wildman–Crippen LogP) is 5.40. The van der Waals surface area contributed by atoms with Gasteiger partial charge in [0.2, 0.25) is 5.91 Å². The van der Waals surface area contributed by atoms with Gasteiger partial charge in [-0.05, 0) is 56.2 Å². The van der Waals surface area contributed by atoms with Crippen LogP contribution >= 0.6 is 0 Å². The van der Waals surface area contributed by atoms with Crippen molar-refractivity contribution in [1.29, 1.82) is 0 Å². The number of amides is 2. The van der Waals surface area contributed by atoms with E-state index in [4.69, 9.17) is 5.10 Å². The molecule has 0 radical (unpaired) electrons. The number of anilines is 1. The van der Waals surface area contributed by atoms with Crippen molar-refractivity contribution < 1.29 is 14.0 Å². The second-order valence-electron chi connectivity index (χ2n) is 8.25. The average Bonchev–Trinajstić information content (AvgIpc) is 3.18. The summed E-state index contributed by atoms with van der Waals surface area (Å²) in [6.45, 7) is 5.78. The van der Waals surface area contributed by atoms with Gasteiger partial charge in [0.05, 0.1) is 11.4 Å². The fourth-order valence-electron chi connectivity index (χ4n) is 4.04. The van der Waals surface area contributed by atoms with Gasteiger partial charge in [-0.25, -0.2) is 9.07 Å². The molecule has 0 aliphatic carbocycles. The van der Waals surface area contributed by atoms with E-state index in [-0.39, 0.29) is 18.0 Å². The third-order valence-corrected chi connectivity index (χ3v) is 5.80. The SMILES string of the molecule is CCN(CC(=O)Nc1c(-c2ccccc2)c(C)nn1-c1ccccc1C)C(=O)c1cccc(F)c1. The fourth-order valence-corrected chi connectivity index (χ4v) is 4.04. The molecule has 1 aromatic heterocycles. The number of rotatable bonds is 7. The van der Waals surface area contributed by atoms with E-state index in [0.29, 0.717) is 12.4 Å². The topological polar surface area (TPSA) is 67.2 Å². The third-order valence-electron chi connectivity index (χ3n) is 5.80. The molecule has 0 saturated carbocycles. The lowest BCUT2D eigenvalue weighted by molar-refractivity contribution is -0.116. The van der Waals surface area contributed by atoms with Gasteiger partial charge in [0.15, 0.2) is 0 Å². The second-order valence-corrected chi connectivity index (χ2v) is 8.25. The maximum absolute atomic E-state index is 13.6. The number of likely N-dealkylation sites (N-methyl/N-ethyl adjacent to an activating group) is 1. The van der Waals surface area contributed by atoms with Crippen LogP contribution in [0, 0.1) is 19.7 Å². The molecule has 6 nitrogen and oxygen atoms in total. The van der Waals surface area contributed by atoms with E-state index in [2.05, 4.69) is 5.32 Å². The lowest BCUT2D eigenvalue weighted by Gasteiger charge is -2.21. The van der Waals surface area contributed by atoms with Crippen LogP contribution in [0.3, 0.4) is 0 Å². The van der Waals surface area contributed by atoms with Crippen molar-refractivity contribution in [2.45, 2.75) is 20.8 Å². The Morgan fingerprint density at radius 2 is 1.69 bits per heavy atom. The first-order valence-electron chi connectivity index (χ1n) is 11.4. The highest BCUT2D eigenvalue weighted by Crippen LogP contribution is 2.34. The molecule has 0 unspecified atom stereocenters. The van der Waals surface area contributed by atoms with Crippen LogP contribution in [-0.4, -0.2) is 39.6 Å². The van der Waals surface area contributed by atoms with Gasteiger partial charge in [0.1, 0.15) is 18.2 Å². The Kier molecular flexibility index (Phi) is 7.06. The van der Waals surface area contributed by atoms with Crippen molar-refractivity contribution in [2.75, 3.05) is 18.4 Å². The Hall–Kier alpha value is -4.26. The summed E-state index contributed by atoms with van der Waals surface area (Å²) in [5.41, 5.74) is 4.53. The molecule has 0 spiro atoms. The molecule has 1 N–H and O–H groups in total. The molecule has 0 aliphatic heterocycles. The van der Waals surface area contributed by atoms with Gasteiger partial charge in [0, 0.05) is 17.7 Å². The van der Waals surface area contributed by atoms with E-state index in [1.807, 2.05) is 68.4 Å². The molecular formula is C28H27FN4O2. The molecule has 4 rings (SSSR count). The van der Waals surface area contributed by atoms with Crippen LogP contribution in [0.1, 0.15) is 28.5 Å². The van der Waals surface area contributed by atoms with E-state index in [1.54, 1.807) is 11.6 Å². The van der Waals surface area contributed by atoms with Crippen molar-refractivity contribution in [2.24, 2.45) is 0 Å². The molecule has 0 atom stereocenters. The van der Waals surface area contributed by atoms with Gasteiger partial charge in [-0.15, -0.1) is 0 Å². The summed E-state index contributed by atoms with van der Waals surface area (Å²) >= 11 is 0. The van der Waals surface area contributed by atoms with Crippen molar-refractivity contribution in [3.8, 4) is 16.8 Å². The zero-order valence-electron chi connectivity index (χ0n) is 20.0. The van der Waals surface area contributed by atoms with Gasteiger partial charge < -0.3 is 10.2 Å². The molecular weight excluding hydrogens is 443 g/mol. The lowest BCUT2D eigenvalue weighted by Crippen LogP contribution is -2.38. The highest BCUT2D eigenvalue weighted by atomic mass is 19.1. The van der Waals surface area contributed by atoms with Crippen LogP contribution < -0.4 is 5.32 Å². The van der Waals surface area contributed by atoms with Crippen LogP contribution in [0.5, 0.6) is 0 Å². The minimum atomic E-state index is -0.499. The first-order chi connectivity index (χ1) is 16.9. The number of halogens is 1. The summed E-state index contributed by atoms with van der Waals surface area (Å²) in [7, 11) is 0. The maximum atomic E-state index is 13.6. The zero-order chi connectivity index (χ0) is 24.9. The fraction of sp³-hybridized carbons (Fsp3) is 0.179. The molecule has 35 heavy (non-hydrogen) atoms. The lowest BCUT2D eigenvalue weighted by atomic mass is 10.1.